The maximum atomic E-state index is 12.9. The topological polar surface area (TPSA) is 154 Å². The van der Waals surface area contributed by atoms with Gasteiger partial charge < -0.3 is 32.8 Å². The molecule has 194 valence electrons. The summed E-state index contributed by atoms with van der Waals surface area (Å²) in [5.74, 6) is -3.70. The number of rotatable bonds is 8. The van der Waals surface area contributed by atoms with E-state index in [1.54, 1.807) is 6.07 Å². The van der Waals surface area contributed by atoms with Gasteiger partial charge in [0.2, 0.25) is 5.75 Å². The molecule has 3 aromatic rings. The lowest BCUT2D eigenvalue weighted by Gasteiger charge is -2.15. The van der Waals surface area contributed by atoms with E-state index in [0.29, 0.717) is 22.4 Å². The lowest BCUT2D eigenvalue weighted by Crippen LogP contribution is -2.13. The first-order chi connectivity index (χ1) is 17.5. The first-order valence-electron chi connectivity index (χ1n) is 10.6. The number of hydrogen-bond acceptors (Lipinski definition) is 12. The van der Waals surface area contributed by atoms with E-state index in [1.165, 1.54) is 20.3 Å². The molecule has 0 aliphatic carbocycles. The van der Waals surface area contributed by atoms with Gasteiger partial charge in [0, 0.05) is 43.9 Å². The van der Waals surface area contributed by atoms with Crippen LogP contribution < -0.4 is 29.3 Å². The minimum Gasteiger partial charge on any atom is -0.493 e. The van der Waals surface area contributed by atoms with Crippen molar-refractivity contribution in [2.75, 3.05) is 14.2 Å². The van der Waals surface area contributed by atoms with E-state index in [0.717, 1.165) is 39.0 Å². The number of carbonyl (C=O) groups excluding carboxylic acids is 4. The van der Waals surface area contributed by atoms with Crippen LogP contribution in [0.5, 0.6) is 28.7 Å². The summed E-state index contributed by atoms with van der Waals surface area (Å²) >= 11 is 0. The van der Waals surface area contributed by atoms with Gasteiger partial charge >= 0.3 is 29.5 Å². The van der Waals surface area contributed by atoms with Crippen LogP contribution >= 0.6 is 0 Å². The Balaban J connectivity index is 2.00. The van der Waals surface area contributed by atoms with Gasteiger partial charge in [-0.15, -0.1) is 0 Å². The molecule has 37 heavy (non-hydrogen) atoms. The van der Waals surface area contributed by atoms with Crippen molar-refractivity contribution in [1.82, 2.24) is 0 Å². The fourth-order valence-corrected chi connectivity index (χ4v) is 3.30. The Hall–Kier alpha value is -4.87. The SMILES string of the molecule is COc1cc2oc(=O)cc(COC(=O)c3cc(OC(C)=O)c(OC(C)=O)c(OC(C)=O)c3)c2cc1OC. The molecule has 0 aliphatic heterocycles. The van der Waals surface area contributed by atoms with E-state index in [4.69, 9.17) is 32.8 Å². The Morgan fingerprint density at radius 1 is 0.730 bits per heavy atom. The number of esters is 4. The zero-order valence-electron chi connectivity index (χ0n) is 20.5. The fourth-order valence-electron chi connectivity index (χ4n) is 3.30. The van der Waals surface area contributed by atoms with Crippen LogP contribution in [0.25, 0.3) is 11.0 Å². The number of benzene rings is 2. The Labute approximate surface area is 209 Å². The quantitative estimate of drug-likeness (QED) is 0.247. The van der Waals surface area contributed by atoms with Crippen molar-refractivity contribution in [1.29, 1.82) is 0 Å². The first kappa shape index (κ1) is 26.7. The van der Waals surface area contributed by atoms with Gasteiger partial charge in [-0.2, -0.15) is 0 Å². The predicted molar refractivity (Wildman–Crippen MR) is 125 cm³/mol. The van der Waals surface area contributed by atoms with Crippen LogP contribution in [0.4, 0.5) is 0 Å². The molecule has 0 N–H and O–H groups in total. The molecule has 1 aromatic heterocycles. The molecular weight excluding hydrogens is 492 g/mol. The second kappa shape index (κ2) is 11.2. The first-order valence-corrected chi connectivity index (χ1v) is 10.6. The van der Waals surface area contributed by atoms with Gasteiger partial charge in [-0.05, 0) is 18.2 Å². The summed E-state index contributed by atoms with van der Waals surface area (Å²) in [6.45, 7) is 2.89. The maximum Gasteiger partial charge on any atom is 0.338 e. The smallest absolute Gasteiger partial charge is 0.338 e. The lowest BCUT2D eigenvalue weighted by atomic mass is 10.1. The van der Waals surface area contributed by atoms with Gasteiger partial charge in [-0.25, -0.2) is 9.59 Å². The maximum absolute atomic E-state index is 12.9. The largest absolute Gasteiger partial charge is 0.493 e. The molecule has 0 unspecified atom stereocenters. The number of hydrogen-bond donors (Lipinski definition) is 0. The number of carbonyl (C=O) groups is 4. The Kier molecular flexibility index (Phi) is 8.12. The minimum atomic E-state index is -0.932. The van der Waals surface area contributed by atoms with Gasteiger partial charge in [0.05, 0.1) is 19.8 Å². The van der Waals surface area contributed by atoms with Gasteiger partial charge in [0.15, 0.2) is 23.0 Å². The Bertz CT molecular complexity index is 1410. The molecular formula is C25H22O12. The molecule has 0 radical (unpaired) electrons. The highest BCUT2D eigenvalue weighted by Crippen LogP contribution is 2.40. The summed E-state index contributed by atoms with van der Waals surface area (Å²) in [5, 5.41) is 0.427. The van der Waals surface area contributed by atoms with Crippen molar-refractivity contribution in [2.24, 2.45) is 0 Å². The second-order valence-electron chi connectivity index (χ2n) is 7.45. The summed E-state index contributed by atoms with van der Waals surface area (Å²) in [5.41, 5.74) is -0.408. The third kappa shape index (κ3) is 6.42. The summed E-state index contributed by atoms with van der Waals surface area (Å²) in [4.78, 5) is 59.7. The molecule has 3 rings (SSSR count). The van der Waals surface area contributed by atoms with E-state index in [2.05, 4.69) is 0 Å². The molecule has 0 atom stereocenters. The molecule has 0 saturated carbocycles. The van der Waals surface area contributed by atoms with Crippen molar-refractivity contribution < 1.29 is 52.0 Å². The summed E-state index contributed by atoms with van der Waals surface area (Å²) < 4.78 is 36.2. The molecule has 12 heteroatoms. The number of ether oxygens (including phenoxy) is 6. The van der Waals surface area contributed by atoms with E-state index in [9.17, 15) is 24.0 Å². The van der Waals surface area contributed by atoms with Gasteiger partial charge in [-0.1, -0.05) is 0 Å². The standard InChI is InChI=1S/C25H22O12/c1-12(26)34-21-6-15(7-22(35-13(2)27)24(21)36-14(3)28)25(30)33-11-16-8-23(29)37-18-10-20(32-5)19(31-4)9-17(16)18/h6-10H,11H2,1-5H3. The van der Waals surface area contributed by atoms with Crippen LogP contribution in [0.3, 0.4) is 0 Å². The number of fused-ring (bicyclic) bond motifs is 1. The van der Waals surface area contributed by atoms with Crippen LogP contribution in [-0.2, 0) is 25.7 Å². The third-order valence-corrected chi connectivity index (χ3v) is 4.70. The summed E-state index contributed by atoms with van der Waals surface area (Å²) in [6, 6.07) is 6.35. The average Bonchev–Trinajstić information content (AvgIpc) is 2.82. The molecule has 2 aromatic carbocycles. The zero-order chi connectivity index (χ0) is 27.3. The summed E-state index contributed by atoms with van der Waals surface area (Å²) in [7, 11) is 2.86. The highest BCUT2D eigenvalue weighted by atomic mass is 16.6. The van der Waals surface area contributed by atoms with Crippen LogP contribution in [0.15, 0.2) is 39.5 Å². The molecule has 0 saturated heterocycles. The van der Waals surface area contributed by atoms with Crippen molar-refractivity contribution in [3.63, 3.8) is 0 Å². The zero-order valence-corrected chi connectivity index (χ0v) is 20.5. The normalized spacial score (nSPS) is 10.4. The molecule has 0 spiro atoms. The van der Waals surface area contributed by atoms with Crippen molar-refractivity contribution in [3.05, 3.63) is 51.9 Å². The highest BCUT2D eigenvalue weighted by molar-refractivity contribution is 5.93. The van der Waals surface area contributed by atoms with E-state index < -0.39 is 29.5 Å². The molecule has 12 nitrogen and oxygen atoms in total. The van der Waals surface area contributed by atoms with E-state index >= 15 is 0 Å². The molecule has 0 bridgehead atoms. The van der Waals surface area contributed by atoms with E-state index in [1.807, 2.05) is 0 Å². The van der Waals surface area contributed by atoms with Crippen LogP contribution in [0.1, 0.15) is 36.7 Å². The van der Waals surface area contributed by atoms with Crippen molar-refractivity contribution in [3.8, 4) is 28.7 Å². The Morgan fingerprint density at radius 3 is 1.78 bits per heavy atom. The van der Waals surface area contributed by atoms with E-state index in [-0.39, 0.29) is 35.0 Å². The summed E-state index contributed by atoms with van der Waals surface area (Å²) in [6.07, 6.45) is 0. The van der Waals surface area contributed by atoms with Crippen LogP contribution in [0, 0.1) is 0 Å². The molecule has 0 aliphatic rings. The second-order valence-corrected chi connectivity index (χ2v) is 7.45. The van der Waals surface area contributed by atoms with Gasteiger partial charge in [0.1, 0.15) is 12.2 Å². The van der Waals surface area contributed by atoms with Gasteiger partial charge in [-0.3, -0.25) is 14.4 Å². The van der Waals surface area contributed by atoms with Crippen LogP contribution in [0.2, 0.25) is 0 Å². The van der Waals surface area contributed by atoms with Crippen LogP contribution in [-0.4, -0.2) is 38.1 Å². The predicted octanol–water partition coefficient (Wildman–Crippen LogP) is 2.94. The lowest BCUT2D eigenvalue weighted by molar-refractivity contribution is -0.135. The molecule has 0 amide bonds. The minimum absolute atomic E-state index is 0.177. The average molecular weight is 514 g/mol. The van der Waals surface area contributed by atoms with Gasteiger partial charge in [0.25, 0.3) is 0 Å². The van der Waals surface area contributed by atoms with Crippen molar-refractivity contribution >= 4 is 34.8 Å². The molecule has 1 heterocycles. The number of methoxy groups -OCH3 is 2. The molecule has 0 fully saturated rings. The monoisotopic (exact) mass is 514 g/mol. The fraction of sp³-hybridized carbons (Fsp3) is 0.240. The third-order valence-electron chi connectivity index (χ3n) is 4.70. The Morgan fingerprint density at radius 2 is 1.27 bits per heavy atom. The highest BCUT2D eigenvalue weighted by Gasteiger charge is 2.23. The van der Waals surface area contributed by atoms with Crippen molar-refractivity contribution in [2.45, 2.75) is 27.4 Å².